The number of nitrogens with one attached hydrogen (secondary N) is 1. The maximum atomic E-state index is 12.5. The summed E-state index contributed by atoms with van der Waals surface area (Å²) in [6, 6.07) is -0.343. The molecule has 0 spiro atoms. The predicted molar refractivity (Wildman–Crippen MR) is 80.4 cm³/mol. The van der Waals surface area contributed by atoms with Gasteiger partial charge in [0.15, 0.2) is 0 Å². The van der Waals surface area contributed by atoms with Crippen molar-refractivity contribution in [3.63, 3.8) is 0 Å². The fraction of sp³-hybridized carbons (Fsp3) is 0.714. The van der Waals surface area contributed by atoms with Crippen LogP contribution in [-0.2, 0) is 17.8 Å². The lowest BCUT2D eigenvalue weighted by atomic mass is 10.4. The number of morpholine rings is 1. The van der Waals surface area contributed by atoms with Crippen LogP contribution in [0.25, 0.3) is 0 Å². The zero-order valence-electron chi connectivity index (χ0n) is 13.6. The van der Waals surface area contributed by atoms with Gasteiger partial charge in [-0.15, -0.1) is 0 Å². The molecular weight excluding hydrogens is 327 g/mol. The molecular formula is C14H22F3N5O2. The van der Waals surface area contributed by atoms with Crippen LogP contribution < -0.4 is 5.32 Å². The molecule has 7 nitrogen and oxygen atoms in total. The molecule has 1 fully saturated rings. The van der Waals surface area contributed by atoms with Gasteiger partial charge in [-0.3, -0.25) is 4.90 Å². The van der Waals surface area contributed by atoms with E-state index in [0.717, 1.165) is 17.7 Å². The van der Waals surface area contributed by atoms with Gasteiger partial charge in [-0.1, -0.05) is 0 Å². The minimum atomic E-state index is -4.32. The monoisotopic (exact) mass is 349 g/mol. The summed E-state index contributed by atoms with van der Waals surface area (Å²) < 4.78 is 43.7. The fourth-order valence-corrected chi connectivity index (χ4v) is 2.39. The Labute approximate surface area is 138 Å². The Kier molecular flexibility index (Phi) is 6.44. The number of nitrogens with zero attached hydrogens (tertiary/aromatic N) is 4. The highest BCUT2D eigenvalue weighted by atomic mass is 19.4. The molecule has 1 saturated heterocycles. The van der Waals surface area contributed by atoms with Crippen molar-refractivity contribution in [2.24, 2.45) is 0 Å². The van der Waals surface area contributed by atoms with Gasteiger partial charge in [0.1, 0.15) is 12.4 Å². The maximum absolute atomic E-state index is 12.5. The number of carbonyl (C=O) groups excluding carboxylic acids is 1. The summed E-state index contributed by atoms with van der Waals surface area (Å²) >= 11 is 0. The predicted octanol–water partition coefficient (Wildman–Crippen LogP) is 0.919. The molecule has 0 radical (unpaired) electrons. The highest BCUT2D eigenvalue weighted by Gasteiger charge is 2.29. The molecule has 2 heterocycles. The number of ether oxygens (including phenoxy) is 1. The maximum Gasteiger partial charge on any atom is 0.406 e. The quantitative estimate of drug-likeness (QED) is 0.830. The molecule has 1 aromatic rings. The van der Waals surface area contributed by atoms with Gasteiger partial charge in [0.25, 0.3) is 0 Å². The van der Waals surface area contributed by atoms with Crippen molar-refractivity contribution in [3.8, 4) is 0 Å². The third-order valence-corrected chi connectivity index (χ3v) is 3.68. The first-order chi connectivity index (χ1) is 11.3. The molecule has 1 aliphatic rings. The van der Waals surface area contributed by atoms with Crippen molar-refractivity contribution in [2.75, 3.05) is 46.4 Å². The molecule has 0 atom stereocenters. The molecule has 2 amide bonds. The van der Waals surface area contributed by atoms with E-state index < -0.39 is 12.7 Å². The van der Waals surface area contributed by atoms with E-state index in [1.807, 2.05) is 0 Å². The molecule has 0 unspecified atom stereocenters. The average molecular weight is 349 g/mol. The minimum absolute atomic E-state index is 0.00642. The van der Waals surface area contributed by atoms with Crippen LogP contribution in [0.15, 0.2) is 12.4 Å². The van der Waals surface area contributed by atoms with E-state index in [4.69, 9.17) is 4.74 Å². The molecule has 1 aliphatic heterocycles. The second-order valence-corrected chi connectivity index (χ2v) is 5.63. The Bertz CT molecular complexity index is 529. The Morgan fingerprint density at radius 2 is 2.12 bits per heavy atom. The Morgan fingerprint density at radius 1 is 1.42 bits per heavy atom. The van der Waals surface area contributed by atoms with E-state index in [2.05, 4.69) is 15.2 Å². The topological polar surface area (TPSA) is 62.6 Å². The number of hydrogen-bond acceptors (Lipinski definition) is 4. The molecule has 0 aromatic carbocycles. The zero-order valence-corrected chi connectivity index (χ0v) is 13.6. The van der Waals surface area contributed by atoms with Gasteiger partial charge < -0.3 is 19.5 Å². The van der Waals surface area contributed by atoms with Gasteiger partial charge in [0.05, 0.1) is 19.8 Å². The van der Waals surface area contributed by atoms with E-state index in [1.54, 1.807) is 0 Å². The van der Waals surface area contributed by atoms with Crippen molar-refractivity contribution in [2.45, 2.75) is 19.3 Å². The molecule has 0 bridgehead atoms. The van der Waals surface area contributed by atoms with Crippen molar-refractivity contribution >= 4 is 6.03 Å². The molecule has 0 aliphatic carbocycles. The Morgan fingerprint density at radius 3 is 2.79 bits per heavy atom. The van der Waals surface area contributed by atoms with E-state index in [-0.39, 0.29) is 18.4 Å². The number of hydrogen-bond donors (Lipinski definition) is 1. The number of amides is 2. The van der Waals surface area contributed by atoms with Gasteiger partial charge in [-0.05, 0) is 0 Å². The number of alkyl halides is 3. The largest absolute Gasteiger partial charge is 0.406 e. The van der Waals surface area contributed by atoms with Gasteiger partial charge in [-0.2, -0.15) is 13.2 Å². The third kappa shape index (κ3) is 6.00. The second kappa shape index (κ2) is 8.34. The van der Waals surface area contributed by atoms with Crippen molar-refractivity contribution in [3.05, 3.63) is 18.2 Å². The smallest absolute Gasteiger partial charge is 0.379 e. The first-order valence-electron chi connectivity index (χ1n) is 7.71. The zero-order chi connectivity index (χ0) is 17.6. The summed E-state index contributed by atoms with van der Waals surface area (Å²) in [7, 11) is 1.52. The summed E-state index contributed by atoms with van der Waals surface area (Å²) in [6.45, 7) is 3.12. The molecule has 24 heavy (non-hydrogen) atoms. The average Bonchev–Trinajstić information content (AvgIpc) is 2.93. The summed E-state index contributed by atoms with van der Waals surface area (Å²) in [5.74, 6) is 0.193. The number of rotatable bonds is 6. The van der Waals surface area contributed by atoms with Gasteiger partial charge in [0, 0.05) is 45.6 Å². The lowest BCUT2D eigenvalue weighted by molar-refractivity contribution is -0.141. The minimum Gasteiger partial charge on any atom is -0.379 e. The van der Waals surface area contributed by atoms with Gasteiger partial charge >= 0.3 is 12.2 Å². The molecule has 0 saturated carbocycles. The van der Waals surface area contributed by atoms with E-state index in [9.17, 15) is 18.0 Å². The second-order valence-electron chi connectivity index (χ2n) is 5.63. The van der Waals surface area contributed by atoms with Crippen LogP contribution in [-0.4, -0.2) is 78.0 Å². The fourth-order valence-electron chi connectivity index (χ4n) is 2.39. The van der Waals surface area contributed by atoms with Crippen molar-refractivity contribution < 1.29 is 22.7 Å². The molecule has 1 aromatic heterocycles. The van der Waals surface area contributed by atoms with Crippen LogP contribution in [0.5, 0.6) is 0 Å². The van der Waals surface area contributed by atoms with Crippen LogP contribution in [0.4, 0.5) is 18.0 Å². The lowest BCUT2D eigenvalue weighted by Crippen LogP contribution is -2.44. The highest BCUT2D eigenvalue weighted by molar-refractivity contribution is 5.73. The number of halogens is 3. The summed E-state index contributed by atoms with van der Waals surface area (Å²) in [5.41, 5.74) is 0. The summed E-state index contributed by atoms with van der Waals surface area (Å²) in [5, 5.41) is 2.76. The first-order valence-corrected chi connectivity index (χ1v) is 7.71. The first kappa shape index (κ1) is 18.5. The number of aromatic nitrogens is 2. The van der Waals surface area contributed by atoms with Crippen LogP contribution in [0.2, 0.25) is 0 Å². The van der Waals surface area contributed by atoms with Crippen LogP contribution in [0.1, 0.15) is 5.82 Å². The lowest BCUT2D eigenvalue weighted by Gasteiger charge is -2.27. The van der Waals surface area contributed by atoms with Gasteiger partial charge in [-0.25, -0.2) is 9.78 Å². The third-order valence-electron chi connectivity index (χ3n) is 3.68. The van der Waals surface area contributed by atoms with Crippen LogP contribution >= 0.6 is 0 Å². The standard InChI is InChI=1S/C14H22F3N5O2/c1-20(10-12-18-3-5-22(12)11-14(15,16)17)13(23)19-2-4-21-6-8-24-9-7-21/h3,5H,2,4,6-11H2,1H3,(H,19,23). The number of urea groups is 1. The van der Waals surface area contributed by atoms with E-state index in [1.165, 1.54) is 24.3 Å². The van der Waals surface area contributed by atoms with Crippen LogP contribution in [0.3, 0.4) is 0 Å². The van der Waals surface area contributed by atoms with E-state index in [0.29, 0.717) is 26.3 Å². The Hall–Kier alpha value is -1.81. The number of carbonyl (C=O) groups is 1. The van der Waals surface area contributed by atoms with Crippen molar-refractivity contribution in [1.29, 1.82) is 0 Å². The van der Waals surface area contributed by atoms with Crippen molar-refractivity contribution in [1.82, 2.24) is 24.7 Å². The summed E-state index contributed by atoms with van der Waals surface area (Å²) in [4.78, 5) is 19.4. The van der Waals surface area contributed by atoms with Gasteiger partial charge in [0.2, 0.25) is 0 Å². The molecule has 2 rings (SSSR count). The van der Waals surface area contributed by atoms with Crippen LogP contribution in [0, 0.1) is 0 Å². The molecule has 136 valence electrons. The Balaban J connectivity index is 1.76. The highest BCUT2D eigenvalue weighted by Crippen LogP contribution is 2.18. The summed E-state index contributed by atoms with van der Waals surface area (Å²) in [6.07, 6.45) is -1.77. The number of imidazole rings is 1. The SMILES string of the molecule is CN(Cc1nccn1CC(F)(F)F)C(=O)NCCN1CCOCC1. The molecule has 10 heteroatoms. The normalized spacial score (nSPS) is 16.2. The van der Waals surface area contributed by atoms with E-state index >= 15 is 0 Å². The molecule has 1 N–H and O–H groups in total.